The molecule has 0 aliphatic rings. The Labute approximate surface area is 76.5 Å². The molecular weight excluding hydrogens is 148 g/mol. The van der Waals surface area contributed by atoms with Crippen LogP contribution in [0.4, 0.5) is 0 Å². The van der Waals surface area contributed by atoms with E-state index < -0.39 is 0 Å². The Balaban J connectivity index is 3.22. The maximum atomic E-state index is 8.53. The summed E-state index contributed by atoms with van der Waals surface area (Å²) in [5.41, 5.74) is 0. The van der Waals surface area contributed by atoms with E-state index in [1.54, 1.807) is 0 Å². The number of hydrogen-bond donors (Lipinski definition) is 1. The van der Waals surface area contributed by atoms with Gasteiger partial charge in [-0.15, -0.1) is 0 Å². The Morgan fingerprint density at radius 1 is 1.33 bits per heavy atom. The molecule has 1 atom stereocenters. The SMILES string of the molecule is CCCC(C)/C=C/CCCCO. The largest absolute Gasteiger partial charge is 0.396 e. The lowest BCUT2D eigenvalue weighted by molar-refractivity contribution is 0.285. The second-order valence-electron chi connectivity index (χ2n) is 3.41. The van der Waals surface area contributed by atoms with Gasteiger partial charge in [-0.25, -0.2) is 0 Å². The summed E-state index contributed by atoms with van der Waals surface area (Å²) >= 11 is 0. The van der Waals surface area contributed by atoms with Crippen molar-refractivity contribution in [3.05, 3.63) is 12.2 Å². The fourth-order valence-corrected chi connectivity index (χ4v) is 1.25. The van der Waals surface area contributed by atoms with Crippen LogP contribution in [0.25, 0.3) is 0 Å². The highest BCUT2D eigenvalue weighted by Gasteiger charge is 1.92. The van der Waals surface area contributed by atoms with Crippen LogP contribution in [0.15, 0.2) is 12.2 Å². The van der Waals surface area contributed by atoms with Crippen LogP contribution < -0.4 is 0 Å². The quantitative estimate of drug-likeness (QED) is 0.459. The highest BCUT2D eigenvalue weighted by atomic mass is 16.2. The molecule has 0 saturated carbocycles. The van der Waals surface area contributed by atoms with Crippen LogP contribution in [0.5, 0.6) is 0 Å². The molecule has 0 aromatic rings. The normalized spacial score (nSPS) is 13.9. The number of aliphatic hydroxyl groups is 1. The summed E-state index contributed by atoms with van der Waals surface area (Å²) in [6.07, 6.45) is 10.3. The average molecular weight is 170 g/mol. The number of allylic oxidation sites excluding steroid dienone is 2. The number of aliphatic hydroxyl groups excluding tert-OH is 1. The van der Waals surface area contributed by atoms with E-state index in [1.807, 2.05) is 0 Å². The molecule has 0 aliphatic heterocycles. The van der Waals surface area contributed by atoms with Crippen LogP contribution in [-0.4, -0.2) is 11.7 Å². The molecule has 12 heavy (non-hydrogen) atoms. The van der Waals surface area contributed by atoms with Gasteiger partial charge in [0.2, 0.25) is 0 Å². The van der Waals surface area contributed by atoms with Crippen molar-refractivity contribution in [2.24, 2.45) is 5.92 Å². The Kier molecular flexibility index (Phi) is 8.57. The van der Waals surface area contributed by atoms with Crippen LogP contribution in [0.2, 0.25) is 0 Å². The first kappa shape index (κ1) is 11.7. The van der Waals surface area contributed by atoms with Gasteiger partial charge in [0.25, 0.3) is 0 Å². The summed E-state index contributed by atoms with van der Waals surface area (Å²) < 4.78 is 0. The third-order valence-corrected chi connectivity index (χ3v) is 1.99. The molecule has 0 radical (unpaired) electrons. The summed E-state index contributed by atoms with van der Waals surface area (Å²) in [4.78, 5) is 0. The third kappa shape index (κ3) is 7.80. The van der Waals surface area contributed by atoms with Gasteiger partial charge in [0, 0.05) is 6.61 Å². The molecule has 1 heteroatoms. The Bertz CT molecular complexity index is 108. The standard InChI is InChI=1S/C11H22O/c1-3-8-11(2)9-6-4-5-7-10-12/h6,9,11-12H,3-5,7-8,10H2,1-2H3/b9-6+. The van der Waals surface area contributed by atoms with Gasteiger partial charge in [-0.05, 0) is 31.6 Å². The van der Waals surface area contributed by atoms with Gasteiger partial charge < -0.3 is 5.11 Å². The lowest BCUT2D eigenvalue weighted by Crippen LogP contribution is -1.87. The lowest BCUT2D eigenvalue weighted by Gasteiger charge is -2.01. The van der Waals surface area contributed by atoms with Crippen molar-refractivity contribution in [2.75, 3.05) is 6.61 Å². The predicted octanol–water partition coefficient (Wildman–Crippen LogP) is 3.14. The second-order valence-corrected chi connectivity index (χ2v) is 3.41. The van der Waals surface area contributed by atoms with Crippen LogP contribution in [-0.2, 0) is 0 Å². The Hall–Kier alpha value is -0.300. The monoisotopic (exact) mass is 170 g/mol. The molecule has 0 spiro atoms. The zero-order valence-electron chi connectivity index (χ0n) is 8.42. The second kappa shape index (κ2) is 8.79. The molecule has 0 heterocycles. The van der Waals surface area contributed by atoms with Crippen molar-refractivity contribution in [1.29, 1.82) is 0 Å². The van der Waals surface area contributed by atoms with Gasteiger partial charge in [0.15, 0.2) is 0 Å². The first-order valence-corrected chi connectivity index (χ1v) is 5.08. The van der Waals surface area contributed by atoms with Crippen molar-refractivity contribution in [3.8, 4) is 0 Å². The van der Waals surface area contributed by atoms with Crippen LogP contribution >= 0.6 is 0 Å². The van der Waals surface area contributed by atoms with Gasteiger partial charge in [-0.3, -0.25) is 0 Å². The van der Waals surface area contributed by atoms with Crippen molar-refractivity contribution in [1.82, 2.24) is 0 Å². The maximum absolute atomic E-state index is 8.53. The lowest BCUT2D eigenvalue weighted by atomic mass is 10.1. The summed E-state index contributed by atoms with van der Waals surface area (Å²) in [7, 11) is 0. The fourth-order valence-electron chi connectivity index (χ4n) is 1.25. The van der Waals surface area contributed by atoms with E-state index in [0.717, 1.165) is 25.2 Å². The van der Waals surface area contributed by atoms with E-state index in [-0.39, 0.29) is 0 Å². The summed E-state index contributed by atoms with van der Waals surface area (Å²) in [6.45, 7) is 4.81. The molecule has 0 amide bonds. The first-order valence-electron chi connectivity index (χ1n) is 5.08. The van der Waals surface area contributed by atoms with Crippen molar-refractivity contribution >= 4 is 0 Å². The Morgan fingerprint density at radius 2 is 2.08 bits per heavy atom. The molecule has 0 rings (SSSR count). The van der Waals surface area contributed by atoms with Crippen LogP contribution in [0, 0.1) is 5.92 Å². The first-order chi connectivity index (χ1) is 5.81. The minimum atomic E-state index is 0.332. The van der Waals surface area contributed by atoms with Crippen LogP contribution in [0.1, 0.15) is 46.0 Å². The van der Waals surface area contributed by atoms with Crippen LogP contribution in [0.3, 0.4) is 0 Å². The molecule has 1 unspecified atom stereocenters. The van der Waals surface area contributed by atoms with E-state index in [1.165, 1.54) is 12.8 Å². The minimum Gasteiger partial charge on any atom is -0.396 e. The zero-order valence-corrected chi connectivity index (χ0v) is 8.42. The summed E-state index contributed by atoms with van der Waals surface area (Å²) in [5.74, 6) is 0.726. The molecule has 0 saturated heterocycles. The molecular formula is C11H22O. The van der Waals surface area contributed by atoms with Crippen molar-refractivity contribution < 1.29 is 5.11 Å². The summed E-state index contributed by atoms with van der Waals surface area (Å²) in [5, 5.41) is 8.53. The molecule has 0 aliphatic carbocycles. The molecule has 1 nitrogen and oxygen atoms in total. The topological polar surface area (TPSA) is 20.2 Å². The van der Waals surface area contributed by atoms with Gasteiger partial charge in [-0.2, -0.15) is 0 Å². The molecule has 0 fully saturated rings. The Morgan fingerprint density at radius 3 is 2.67 bits per heavy atom. The summed E-state index contributed by atoms with van der Waals surface area (Å²) in [6, 6.07) is 0. The zero-order chi connectivity index (χ0) is 9.23. The van der Waals surface area contributed by atoms with Gasteiger partial charge in [0.1, 0.15) is 0 Å². The molecule has 72 valence electrons. The van der Waals surface area contributed by atoms with E-state index in [2.05, 4.69) is 26.0 Å². The van der Waals surface area contributed by atoms with Crippen molar-refractivity contribution in [3.63, 3.8) is 0 Å². The average Bonchev–Trinajstić information content (AvgIpc) is 2.05. The van der Waals surface area contributed by atoms with Gasteiger partial charge in [0.05, 0.1) is 0 Å². The maximum Gasteiger partial charge on any atom is 0.0431 e. The van der Waals surface area contributed by atoms with Crippen molar-refractivity contribution in [2.45, 2.75) is 46.0 Å². The predicted molar refractivity (Wildman–Crippen MR) is 54.1 cm³/mol. The fraction of sp³-hybridized carbons (Fsp3) is 0.818. The van der Waals surface area contributed by atoms with Gasteiger partial charge >= 0.3 is 0 Å². The van der Waals surface area contributed by atoms with E-state index in [9.17, 15) is 0 Å². The van der Waals surface area contributed by atoms with E-state index >= 15 is 0 Å². The molecule has 0 aromatic carbocycles. The molecule has 0 aromatic heterocycles. The number of unbranched alkanes of at least 4 members (excludes halogenated alkanes) is 2. The van der Waals surface area contributed by atoms with E-state index in [4.69, 9.17) is 5.11 Å². The third-order valence-electron chi connectivity index (χ3n) is 1.99. The highest BCUT2D eigenvalue weighted by Crippen LogP contribution is 2.07. The highest BCUT2D eigenvalue weighted by molar-refractivity contribution is 4.85. The number of rotatable bonds is 7. The molecule has 1 N–H and O–H groups in total. The molecule has 0 bridgehead atoms. The minimum absolute atomic E-state index is 0.332. The van der Waals surface area contributed by atoms with E-state index in [0.29, 0.717) is 6.61 Å². The van der Waals surface area contributed by atoms with Gasteiger partial charge in [-0.1, -0.05) is 32.4 Å². The number of hydrogen-bond acceptors (Lipinski definition) is 1. The smallest absolute Gasteiger partial charge is 0.0431 e.